The van der Waals surface area contributed by atoms with Crippen molar-refractivity contribution in [3.63, 3.8) is 0 Å². The normalized spacial score (nSPS) is 17.3. The van der Waals surface area contributed by atoms with E-state index >= 15 is 0 Å². The first-order valence-corrected chi connectivity index (χ1v) is 10.3. The van der Waals surface area contributed by atoms with Gasteiger partial charge in [-0.2, -0.15) is 0 Å². The topological polar surface area (TPSA) is 32.3 Å². The van der Waals surface area contributed by atoms with Crippen LogP contribution in [-0.2, 0) is 24.1 Å². The molecule has 0 saturated heterocycles. The number of amides is 1. The molecule has 3 nitrogen and oxygen atoms in total. The molecule has 3 rings (SSSR count). The summed E-state index contributed by atoms with van der Waals surface area (Å²) in [5, 5.41) is 5.40. The van der Waals surface area contributed by atoms with Crippen LogP contribution < -0.4 is 5.32 Å². The van der Waals surface area contributed by atoms with Crippen LogP contribution in [0.25, 0.3) is 0 Å². The van der Waals surface area contributed by atoms with Gasteiger partial charge in [-0.15, -0.1) is 11.3 Å². The molecule has 0 bridgehead atoms. The first-order valence-electron chi connectivity index (χ1n) is 9.38. The van der Waals surface area contributed by atoms with E-state index in [1.165, 1.54) is 21.6 Å². The largest absolute Gasteiger partial charge is 0.324 e. The fraction of sp³-hybridized carbons (Fsp3) is 0.476. The Balaban J connectivity index is 1.73. The summed E-state index contributed by atoms with van der Waals surface area (Å²) in [4.78, 5) is 16.6. The van der Waals surface area contributed by atoms with Gasteiger partial charge in [-0.3, -0.25) is 9.69 Å². The van der Waals surface area contributed by atoms with E-state index in [4.69, 9.17) is 0 Å². The molecule has 0 spiro atoms. The zero-order chi connectivity index (χ0) is 17.8. The van der Waals surface area contributed by atoms with Gasteiger partial charge in [0.15, 0.2) is 0 Å². The van der Waals surface area contributed by atoms with E-state index in [2.05, 4.69) is 60.6 Å². The van der Waals surface area contributed by atoms with Gasteiger partial charge in [-0.1, -0.05) is 39.0 Å². The molecule has 2 heterocycles. The van der Waals surface area contributed by atoms with Crippen LogP contribution in [-0.4, -0.2) is 23.9 Å². The molecule has 1 aliphatic heterocycles. The Labute approximate surface area is 155 Å². The van der Waals surface area contributed by atoms with Gasteiger partial charge >= 0.3 is 0 Å². The monoisotopic (exact) mass is 356 g/mol. The van der Waals surface area contributed by atoms with Gasteiger partial charge in [0.25, 0.3) is 0 Å². The SMILES string of the molecule is CCc1cccc(CC)c1NC(=O)CN1CCc2sccc2C1CC. The van der Waals surface area contributed by atoms with Crippen molar-refractivity contribution in [3.8, 4) is 0 Å². The minimum Gasteiger partial charge on any atom is -0.324 e. The number of hydrogen-bond acceptors (Lipinski definition) is 3. The van der Waals surface area contributed by atoms with Crippen molar-refractivity contribution in [2.24, 2.45) is 0 Å². The lowest BCUT2D eigenvalue weighted by molar-refractivity contribution is -0.118. The van der Waals surface area contributed by atoms with Crippen molar-refractivity contribution in [1.29, 1.82) is 0 Å². The van der Waals surface area contributed by atoms with E-state index in [0.29, 0.717) is 12.6 Å². The van der Waals surface area contributed by atoms with Crippen molar-refractivity contribution < 1.29 is 4.79 Å². The third-order valence-corrected chi connectivity index (χ3v) is 6.20. The zero-order valence-electron chi connectivity index (χ0n) is 15.5. The van der Waals surface area contributed by atoms with Gasteiger partial charge in [-0.25, -0.2) is 0 Å². The quantitative estimate of drug-likeness (QED) is 0.805. The standard InChI is InChI=1S/C21H28N2OS/c1-4-15-8-7-9-16(5-2)21(15)22-20(24)14-23-12-10-19-17(11-13-25-19)18(23)6-3/h7-9,11,13,18H,4-6,10,12,14H2,1-3H3,(H,22,24). The summed E-state index contributed by atoms with van der Waals surface area (Å²) in [7, 11) is 0. The Morgan fingerprint density at radius 2 is 1.92 bits per heavy atom. The van der Waals surface area contributed by atoms with Gasteiger partial charge < -0.3 is 5.32 Å². The van der Waals surface area contributed by atoms with Gasteiger partial charge in [0.05, 0.1) is 6.54 Å². The summed E-state index contributed by atoms with van der Waals surface area (Å²) in [6, 6.07) is 8.92. The number of fused-ring (bicyclic) bond motifs is 1. The number of para-hydroxylation sites is 1. The van der Waals surface area contributed by atoms with Crippen molar-refractivity contribution in [1.82, 2.24) is 4.90 Å². The molecule has 0 radical (unpaired) electrons. The lowest BCUT2D eigenvalue weighted by Crippen LogP contribution is -2.40. The molecule has 0 saturated carbocycles. The predicted octanol–water partition coefficient (Wildman–Crippen LogP) is 4.82. The average molecular weight is 357 g/mol. The number of nitrogens with zero attached hydrogens (tertiary/aromatic N) is 1. The smallest absolute Gasteiger partial charge is 0.238 e. The number of aryl methyl sites for hydroxylation is 2. The second-order valence-corrected chi connectivity index (χ2v) is 7.65. The first kappa shape index (κ1) is 18.2. The number of nitrogens with one attached hydrogen (secondary N) is 1. The van der Waals surface area contributed by atoms with Crippen LogP contribution in [0.5, 0.6) is 0 Å². The fourth-order valence-electron chi connectivity index (χ4n) is 3.88. The van der Waals surface area contributed by atoms with Gasteiger partial charge in [0.2, 0.25) is 5.91 Å². The minimum absolute atomic E-state index is 0.104. The Hall–Kier alpha value is -1.65. The third kappa shape index (κ3) is 3.80. The number of thiophene rings is 1. The number of anilines is 1. The molecule has 25 heavy (non-hydrogen) atoms. The van der Waals surface area contributed by atoms with Crippen LogP contribution in [0.2, 0.25) is 0 Å². The van der Waals surface area contributed by atoms with Crippen LogP contribution in [0.1, 0.15) is 54.8 Å². The summed E-state index contributed by atoms with van der Waals surface area (Å²) in [6.07, 6.45) is 3.97. The highest BCUT2D eigenvalue weighted by molar-refractivity contribution is 7.10. The molecule has 4 heteroatoms. The van der Waals surface area contributed by atoms with Gasteiger partial charge in [-0.05, 0) is 53.8 Å². The molecule has 1 amide bonds. The molecule has 0 fully saturated rings. The van der Waals surface area contributed by atoms with E-state index in [1.54, 1.807) is 0 Å². The summed E-state index contributed by atoms with van der Waals surface area (Å²) in [6.45, 7) is 7.93. The number of carbonyl (C=O) groups is 1. The summed E-state index contributed by atoms with van der Waals surface area (Å²) < 4.78 is 0. The number of hydrogen-bond donors (Lipinski definition) is 1. The highest BCUT2D eigenvalue weighted by Gasteiger charge is 2.28. The Bertz CT molecular complexity index is 715. The molecule has 1 aliphatic rings. The van der Waals surface area contributed by atoms with Crippen molar-refractivity contribution in [2.45, 2.75) is 52.5 Å². The summed E-state index contributed by atoms with van der Waals surface area (Å²) in [5.41, 5.74) is 4.89. The first-order chi connectivity index (χ1) is 12.2. The molecule has 1 aromatic heterocycles. The van der Waals surface area contributed by atoms with Crippen LogP contribution in [0.4, 0.5) is 5.69 Å². The second-order valence-electron chi connectivity index (χ2n) is 6.65. The van der Waals surface area contributed by atoms with Crippen LogP contribution in [0, 0.1) is 0 Å². The fourth-order valence-corrected chi connectivity index (χ4v) is 4.81. The van der Waals surface area contributed by atoms with Gasteiger partial charge in [0.1, 0.15) is 0 Å². The molecule has 134 valence electrons. The Kier molecular flexibility index (Phi) is 5.92. The van der Waals surface area contributed by atoms with Gasteiger partial charge in [0, 0.05) is 23.2 Å². The minimum atomic E-state index is 0.104. The zero-order valence-corrected chi connectivity index (χ0v) is 16.3. The maximum absolute atomic E-state index is 12.8. The lowest BCUT2D eigenvalue weighted by atomic mass is 9.98. The predicted molar refractivity (Wildman–Crippen MR) is 106 cm³/mol. The summed E-state index contributed by atoms with van der Waals surface area (Å²) >= 11 is 1.85. The number of rotatable bonds is 6. The Morgan fingerprint density at radius 3 is 2.56 bits per heavy atom. The number of benzene rings is 1. The molecule has 2 aromatic rings. The molecule has 1 atom stereocenters. The molecular formula is C21H28N2OS. The van der Waals surface area contributed by atoms with E-state index in [-0.39, 0.29) is 5.91 Å². The Morgan fingerprint density at radius 1 is 1.20 bits per heavy atom. The van der Waals surface area contributed by atoms with Crippen molar-refractivity contribution in [2.75, 3.05) is 18.4 Å². The second kappa shape index (κ2) is 8.15. The molecule has 1 N–H and O–H groups in total. The third-order valence-electron chi connectivity index (χ3n) is 5.20. The van der Waals surface area contributed by atoms with E-state index in [9.17, 15) is 4.79 Å². The van der Waals surface area contributed by atoms with E-state index in [1.807, 2.05) is 11.3 Å². The molecular weight excluding hydrogens is 328 g/mol. The van der Waals surface area contributed by atoms with Crippen LogP contribution >= 0.6 is 11.3 Å². The lowest BCUT2D eigenvalue weighted by Gasteiger charge is -2.35. The highest BCUT2D eigenvalue weighted by Crippen LogP contribution is 2.35. The molecule has 1 unspecified atom stereocenters. The molecule has 0 aliphatic carbocycles. The maximum Gasteiger partial charge on any atom is 0.238 e. The van der Waals surface area contributed by atoms with Crippen LogP contribution in [0.15, 0.2) is 29.6 Å². The number of carbonyl (C=O) groups excluding carboxylic acids is 1. The van der Waals surface area contributed by atoms with E-state index in [0.717, 1.165) is 37.9 Å². The molecule has 1 aromatic carbocycles. The van der Waals surface area contributed by atoms with Crippen molar-refractivity contribution in [3.05, 3.63) is 51.2 Å². The average Bonchev–Trinajstić information content (AvgIpc) is 3.10. The summed E-state index contributed by atoms with van der Waals surface area (Å²) in [5.74, 6) is 0.104. The maximum atomic E-state index is 12.8. The van der Waals surface area contributed by atoms with E-state index < -0.39 is 0 Å². The highest BCUT2D eigenvalue weighted by atomic mass is 32.1. The van der Waals surface area contributed by atoms with Crippen molar-refractivity contribution >= 4 is 22.9 Å². The van der Waals surface area contributed by atoms with Crippen LogP contribution in [0.3, 0.4) is 0 Å².